The second-order valence-corrected chi connectivity index (χ2v) is 7.84. The van der Waals surface area contributed by atoms with Crippen LogP contribution in [-0.2, 0) is 30.8 Å². The van der Waals surface area contributed by atoms with Crippen LogP contribution in [-0.4, -0.2) is 6.29 Å². The Morgan fingerprint density at radius 3 is 1.70 bits per heavy atom. The highest BCUT2D eigenvalue weighted by Gasteiger charge is 2.20. The van der Waals surface area contributed by atoms with Crippen molar-refractivity contribution in [1.29, 1.82) is 0 Å². The summed E-state index contributed by atoms with van der Waals surface area (Å²) in [5.41, 5.74) is 6.18. The molecule has 0 unspecified atom stereocenters. The smallest absolute Gasteiger partial charge is 0.131 e. The maximum absolute atomic E-state index is 11.7. The van der Waals surface area contributed by atoms with Crippen LogP contribution in [0, 0.1) is 0 Å². The van der Waals surface area contributed by atoms with Crippen LogP contribution in [0.5, 0.6) is 11.5 Å². The fourth-order valence-corrected chi connectivity index (χ4v) is 4.06. The molecule has 0 aromatic heterocycles. The quantitative estimate of drug-likeness (QED) is 0.256. The van der Waals surface area contributed by atoms with E-state index in [9.17, 15) is 4.79 Å². The summed E-state index contributed by atoms with van der Waals surface area (Å²) in [4.78, 5) is 11.7. The van der Waals surface area contributed by atoms with E-state index in [1.165, 1.54) is 0 Å². The highest BCUT2D eigenvalue weighted by Crippen LogP contribution is 2.41. The highest BCUT2D eigenvalue weighted by molar-refractivity contribution is 5.80. The SMILES string of the molecule is CCc1c(OCc2ccccc2)cc(OCc2ccccc2)c(-c2ccccc2)c1CC=O. The molecular formula is C30H28O3. The zero-order valence-corrected chi connectivity index (χ0v) is 18.9. The van der Waals surface area contributed by atoms with E-state index in [4.69, 9.17) is 9.47 Å². The van der Waals surface area contributed by atoms with Gasteiger partial charge >= 0.3 is 0 Å². The van der Waals surface area contributed by atoms with Crippen molar-refractivity contribution in [3.8, 4) is 22.6 Å². The lowest BCUT2D eigenvalue weighted by molar-refractivity contribution is -0.107. The van der Waals surface area contributed by atoms with Crippen molar-refractivity contribution in [3.05, 3.63) is 119 Å². The molecule has 0 aliphatic carbocycles. The van der Waals surface area contributed by atoms with Crippen LogP contribution in [0.2, 0.25) is 0 Å². The zero-order chi connectivity index (χ0) is 22.9. The Hall–Kier alpha value is -3.85. The van der Waals surface area contributed by atoms with E-state index < -0.39 is 0 Å². The molecule has 4 aromatic rings. The first-order valence-electron chi connectivity index (χ1n) is 11.3. The molecule has 0 amide bonds. The summed E-state index contributed by atoms with van der Waals surface area (Å²) in [6.07, 6.45) is 2.02. The van der Waals surface area contributed by atoms with Gasteiger partial charge in [-0.1, -0.05) is 97.9 Å². The number of aldehydes is 1. The highest BCUT2D eigenvalue weighted by atomic mass is 16.5. The van der Waals surface area contributed by atoms with E-state index in [2.05, 4.69) is 19.1 Å². The Morgan fingerprint density at radius 2 is 1.18 bits per heavy atom. The lowest BCUT2D eigenvalue weighted by Gasteiger charge is -2.22. The molecule has 166 valence electrons. The molecule has 4 aromatic carbocycles. The van der Waals surface area contributed by atoms with Gasteiger partial charge in [-0.25, -0.2) is 0 Å². The molecule has 4 rings (SSSR count). The average molecular weight is 437 g/mol. The molecule has 0 aliphatic heterocycles. The minimum absolute atomic E-state index is 0.303. The van der Waals surface area contributed by atoms with Gasteiger partial charge in [-0.05, 0) is 34.2 Å². The average Bonchev–Trinajstić information content (AvgIpc) is 2.88. The molecule has 33 heavy (non-hydrogen) atoms. The molecule has 0 saturated carbocycles. The minimum atomic E-state index is 0.303. The van der Waals surface area contributed by atoms with Gasteiger partial charge < -0.3 is 14.3 Å². The zero-order valence-electron chi connectivity index (χ0n) is 18.9. The number of carbonyl (C=O) groups excluding carboxylic acids is 1. The molecule has 0 spiro atoms. The van der Waals surface area contributed by atoms with Crippen molar-refractivity contribution < 1.29 is 14.3 Å². The van der Waals surface area contributed by atoms with Gasteiger partial charge in [0.25, 0.3) is 0 Å². The topological polar surface area (TPSA) is 35.5 Å². The van der Waals surface area contributed by atoms with E-state index >= 15 is 0 Å². The molecule has 3 heteroatoms. The molecule has 0 aliphatic rings. The summed E-state index contributed by atoms with van der Waals surface area (Å²) in [5, 5.41) is 0. The molecule has 3 nitrogen and oxygen atoms in total. The van der Waals surface area contributed by atoms with Crippen molar-refractivity contribution in [2.24, 2.45) is 0 Å². The monoisotopic (exact) mass is 436 g/mol. The molecule has 0 fully saturated rings. The third-order valence-electron chi connectivity index (χ3n) is 5.65. The Bertz CT molecular complexity index is 1170. The van der Waals surface area contributed by atoms with Gasteiger partial charge in [-0.15, -0.1) is 0 Å². The summed E-state index contributed by atoms with van der Waals surface area (Å²) < 4.78 is 12.6. The summed E-state index contributed by atoms with van der Waals surface area (Å²) in [7, 11) is 0. The second kappa shape index (κ2) is 11.1. The van der Waals surface area contributed by atoms with Gasteiger partial charge in [-0.2, -0.15) is 0 Å². The molecule has 0 heterocycles. The van der Waals surface area contributed by atoms with Crippen LogP contribution in [0.25, 0.3) is 11.1 Å². The minimum Gasteiger partial charge on any atom is -0.488 e. The first kappa shape index (κ1) is 22.3. The van der Waals surface area contributed by atoms with E-state index in [1.54, 1.807) is 0 Å². The Labute approximate surface area is 195 Å². The van der Waals surface area contributed by atoms with Crippen LogP contribution < -0.4 is 9.47 Å². The summed E-state index contributed by atoms with van der Waals surface area (Å²) in [6.45, 7) is 2.99. The van der Waals surface area contributed by atoms with Gasteiger partial charge in [-0.3, -0.25) is 0 Å². The Kier molecular flexibility index (Phi) is 7.55. The molecule has 0 bridgehead atoms. The van der Waals surface area contributed by atoms with E-state index in [0.717, 1.165) is 57.6 Å². The molecule has 0 radical (unpaired) electrons. The maximum Gasteiger partial charge on any atom is 0.131 e. The largest absolute Gasteiger partial charge is 0.488 e. The van der Waals surface area contributed by atoms with Gasteiger partial charge in [0, 0.05) is 18.1 Å². The van der Waals surface area contributed by atoms with Crippen molar-refractivity contribution in [2.45, 2.75) is 33.0 Å². The van der Waals surface area contributed by atoms with Gasteiger partial charge in [0.2, 0.25) is 0 Å². The van der Waals surface area contributed by atoms with Crippen molar-refractivity contribution >= 4 is 6.29 Å². The fourth-order valence-electron chi connectivity index (χ4n) is 4.06. The van der Waals surface area contributed by atoms with Gasteiger partial charge in [0.05, 0.1) is 0 Å². The lowest BCUT2D eigenvalue weighted by Crippen LogP contribution is -2.07. The van der Waals surface area contributed by atoms with Crippen molar-refractivity contribution in [2.75, 3.05) is 0 Å². The van der Waals surface area contributed by atoms with Gasteiger partial charge in [0.15, 0.2) is 0 Å². The predicted octanol–water partition coefficient (Wildman–Crippen LogP) is 6.82. The summed E-state index contributed by atoms with van der Waals surface area (Å²) in [6, 6.07) is 32.3. The standard InChI is InChI=1S/C30H28O3/c1-2-26-27(18-19-31)30(25-16-10-5-11-17-25)29(33-22-24-14-8-4-9-15-24)20-28(26)32-21-23-12-6-3-7-13-23/h3-17,19-20H,2,18,21-22H2,1H3. The maximum atomic E-state index is 11.7. The molecular weight excluding hydrogens is 408 g/mol. The number of rotatable bonds is 10. The Morgan fingerprint density at radius 1 is 0.667 bits per heavy atom. The molecule has 0 N–H and O–H groups in total. The third-order valence-corrected chi connectivity index (χ3v) is 5.65. The van der Waals surface area contributed by atoms with E-state index in [0.29, 0.717) is 19.6 Å². The van der Waals surface area contributed by atoms with Crippen LogP contribution >= 0.6 is 0 Å². The summed E-state index contributed by atoms with van der Waals surface area (Å²) in [5.74, 6) is 1.49. The van der Waals surface area contributed by atoms with Crippen LogP contribution in [0.4, 0.5) is 0 Å². The predicted molar refractivity (Wildman–Crippen MR) is 133 cm³/mol. The number of hydrogen-bond donors (Lipinski definition) is 0. The first-order chi connectivity index (χ1) is 16.3. The normalized spacial score (nSPS) is 10.6. The number of carbonyl (C=O) groups is 1. The number of hydrogen-bond acceptors (Lipinski definition) is 3. The summed E-state index contributed by atoms with van der Waals surface area (Å²) >= 11 is 0. The van der Waals surface area contributed by atoms with Crippen LogP contribution in [0.15, 0.2) is 97.1 Å². The molecule has 0 atom stereocenters. The Balaban J connectivity index is 1.79. The lowest BCUT2D eigenvalue weighted by atomic mass is 9.90. The first-order valence-corrected chi connectivity index (χ1v) is 11.3. The fraction of sp³-hybridized carbons (Fsp3) is 0.167. The second-order valence-electron chi connectivity index (χ2n) is 7.84. The van der Waals surface area contributed by atoms with Crippen molar-refractivity contribution in [3.63, 3.8) is 0 Å². The van der Waals surface area contributed by atoms with Gasteiger partial charge in [0.1, 0.15) is 31.0 Å². The number of ether oxygens (including phenoxy) is 2. The molecule has 0 saturated heterocycles. The van der Waals surface area contributed by atoms with Crippen LogP contribution in [0.3, 0.4) is 0 Å². The van der Waals surface area contributed by atoms with E-state index in [1.807, 2.05) is 84.9 Å². The third kappa shape index (κ3) is 5.50. The number of benzene rings is 4. The van der Waals surface area contributed by atoms with Crippen LogP contribution in [0.1, 0.15) is 29.2 Å². The van der Waals surface area contributed by atoms with E-state index in [-0.39, 0.29) is 0 Å². The van der Waals surface area contributed by atoms with Crippen molar-refractivity contribution in [1.82, 2.24) is 0 Å².